The predicted octanol–water partition coefficient (Wildman–Crippen LogP) is 3.28. The van der Waals surface area contributed by atoms with E-state index in [-0.39, 0.29) is 11.5 Å². The molecule has 2 aromatic rings. The van der Waals surface area contributed by atoms with E-state index in [9.17, 15) is 27.5 Å². The van der Waals surface area contributed by atoms with Crippen molar-refractivity contribution in [2.75, 3.05) is 19.6 Å². The van der Waals surface area contributed by atoms with Gasteiger partial charge < -0.3 is 10.0 Å². The molecule has 2 aliphatic heterocycles. The molecule has 1 amide bonds. The molecule has 0 spiro atoms. The summed E-state index contributed by atoms with van der Waals surface area (Å²) in [4.78, 5) is 16.5. The Morgan fingerprint density at radius 2 is 1.97 bits per heavy atom. The molecule has 168 valence electrons. The van der Waals surface area contributed by atoms with E-state index in [1.54, 1.807) is 11.8 Å². The van der Waals surface area contributed by atoms with E-state index in [0.29, 0.717) is 57.2 Å². The molecule has 1 aromatic carbocycles. The van der Waals surface area contributed by atoms with Gasteiger partial charge in [-0.15, -0.1) is 0 Å². The van der Waals surface area contributed by atoms with Crippen LogP contribution in [0.1, 0.15) is 58.6 Å². The van der Waals surface area contributed by atoms with Crippen molar-refractivity contribution in [3.63, 3.8) is 0 Å². The standard InChI is InChI=1S/C21H24F4N4O2/c1-12(30)29-9-6-16-18(11-29)26-27-19(16)20(31)28-7-4-13(5-8-28)15-3-2-14(22)10-17(15)21(23,24)25/h2-3,10,12-13,30H,4-9,11H2,1H3,(H,26,27). The summed E-state index contributed by atoms with van der Waals surface area (Å²) in [5, 5.41) is 16.8. The third-order valence-corrected chi connectivity index (χ3v) is 6.24. The van der Waals surface area contributed by atoms with Gasteiger partial charge in [-0.3, -0.25) is 14.8 Å². The number of aromatic nitrogens is 2. The molecule has 1 aromatic heterocycles. The summed E-state index contributed by atoms with van der Waals surface area (Å²) < 4.78 is 53.4. The van der Waals surface area contributed by atoms with Crippen molar-refractivity contribution in [3.8, 4) is 0 Å². The Hall–Kier alpha value is -2.46. The number of aliphatic hydroxyl groups excluding tert-OH is 1. The lowest BCUT2D eigenvalue weighted by molar-refractivity contribution is -0.138. The highest BCUT2D eigenvalue weighted by Crippen LogP contribution is 2.39. The molecule has 1 atom stereocenters. The van der Waals surface area contributed by atoms with Crippen LogP contribution in [0.3, 0.4) is 0 Å². The largest absolute Gasteiger partial charge is 0.416 e. The number of rotatable bonds is 3. The maximum absolute atomic E-state index is 13.4. The van der Waals surface area contributed by atoms with Gasteiger partial charge in [0.25, 0.3) is 5.91 Å². The first-order chi connectivity index (χ1) is 14.6. The SMILES string of the molecule is CC(O)N1CCc2c(C(=O)N3CCC(c4ccc(F)cc4C(F)(F)F)CC3)n[nH]c2C1. The van der Waals surface area contributed by atoms with E-state index in [0.717, 1.165) is 17.3 Å². The summed E-state index contributed by atoms with van der Waals surface area (Å²) >= 11 is 0. The van der Waals surface area contributed by atoms with Gasteiger partial charge in [0.05, 0.1) is 11.3 Å². The van der Waals surface area contributed by atoms with Crippen LogP contribution < -0.4 is 0 Å². The van der Waals surface area contributed by atoms with Gasteiger partial charge in [-0.1, -0.05) is 6.07 Å². The third-order valence-electron chi connectivity index (χ3n) is 6.24. The number of carbonyl (C=O) groups is 1. The molecule has 1 saturated heterocycles. The Balaban J connectivity index is 1.46. The molecule has 2 N–H and O–H groups in total. The Bertz CT molecular complexity index is 965. The molecule has 10 heteroatoms. The highest BCUT2D eigenvalue weighted by molar-refractivity contribution is 5.94. The van der Waals surface area contributed by atoms with Crippen LogP contribution in [0, 0.1) is 5.82 Å². The van der Waals surface area contributed by atoms with E-state index in [4.69, 9.17) is 0 Å². The zero-order chi connectivity index (χ0) is 22.3. The van der Waals surface area contributed by atoms with Gasteiger partial charge in [0, 0.05) is 31.7 Å². The minimum atomic E-state index is -4.63. The summed E-state index contributed by atoms with van der Waals surface area (Å²) in [6.07, 6.45) is -3.91. The minimum Gasteiger partial charge on any atom is -0.379 e. The molecule has 1 unspecified atom stereocenters. The monoisotopic (exact) mass is 440 g/mol. The number of carbonyl (C=O) groups excluding carboxylic acids is 1. The number of alkyl halides is 3. The average Bonchev–Trinajstić information content (AvgIpc) is 3.16. The van der Waals surface area contributed by atoms with Crippen molar-refractivity contribution in [2.45, 2.75) is 51.1 Å². The Labute approximate surface area is 176 Å². The van der Waals surface area contributed by atoms with Crippen LogP contribution in [-0.2, 0) is 19.1 Å². The number of aromatic amines is 1. The van der Waals surface area contributed by atoms with Crippen LogP contribution in [0.4, 0.5) is 17.6 Å². The van der Waals surface area contributed by atoms with Crippen molar-refractivity contribution in [3.05, 3.63) is 52.1 Å². The number of nitrogens with zero attached hydrogens (tertiary/aromatic N) is 3. The summed E-state index contributed by atoms with van der Waals surface area (Å²) in [5.74, 6) is -1.55. The second-order valence-electron chi connectivity index (χ2n) is 8.18. The Kier molecular flexibility index (Phi) is 5.78. The highest BCUT2D eigenvalue weighted by Gasteiger charge is 2.37. The lowest BCUT2D eigenvalue weighted by atomic mass is 9.86. The lowest BCUT2D eigenvalue weighted by Crippen LogP contribution is -2.40. The first-order valence-corrected chi connectivity index (χ1v) is 10.3. The number of likely N-dealkylation sites (tertiary alicyclic amines) is 1. The molecule has 4 rings (SSSR count). The normalized spacial score (nSPS) is 19.4. The first-order valence-electron chi connectivity index (χ1n) is 10.3. The van der Waals surface area contributed by atoms with Gasteiger partial charge in [-0.05, 0) is 49.8 Å². The zero-order valence-corrected chi connectivity index (χ0v) is 17.0. The van der Waals surface area contributed by atoms with Crippen LogP contribution in [0.5, 0.6) is 0 Å². The minimum absolute atomic E-state index is 0.0800. The van der Waals surface area contributed by atoms with Gasteiger partial charge in [-0.25, -0.2) is 4.39 Å². The molecular weight excluding hydrogens is 416 g/mol. The number of halogens is 4. The van der Waals surface area contributed by atoms with Crippen molar-refractivity contribution in [2.24, 2.45) is 0 Å². The predicted molar refractivity (Wildman–Crippen MR) is 104 cm³/mol. The van der Waals surface area contributed by atoms with Crippen molar-refractivity contribution in [1.29, 1.82) is 0 Å². The van der Waals surface area contributed by atoms with Gasteiger partial charge in [0.15, 0.2) is 5.69 Å². The molecule has 0 saturated carbocycles. The number of fused-ring (bicyclic) bond motifs is 1. The second-order valence-corrected chi connectivity index (χ2v) is 8.18. The van der Waals surface area contributed by atoms with E-state index in [1.807, 2.05) is 4.90 Å². The van der Waals surface area contributed by atoms with Gasteiger partial charge in [0.1, 0.15) is 12.0 Å². The summed E-state index contributed by atoms with van der Waals surface area (Å²) in [6.45, 7) is 3.37. The number of amides is 1. The van der Waals surface area contributed by atoms with Crippen LogP contribution in [-0.4, -0.2) is 56.9 Å². The molecular formula is C21H24F4N4O2. The number of piperidine rings is 1. The molecule has 2 aliphatic rings. The highest BCUT2D eigenvalue weighted by atomic mass is 19.4. The summed E-state index contributed by atoms with van der Waals surface area (Å²) in [5.41, 5.74) is 1.11. The average molecular weight is 440 g/mol. The van der Waals surface area contributed by atoms with Crippen LogP contribution in [0.2, 0.25) is 0 Å². The number of nitrogens with one attached hydrogen (secondary N) is 1. The number of H-pyrrole nitrogens is 1. The molecule has 0 aliphatic carbocycles. The smallest absolute Gasteiger partial charge is 0.379 e. The Morgan fingerprint density at radius 3 is 2.61 bits per heavy atom. The topological polar surface area (TPSA) is 72.5 Å². The maximum atomic E-state index is 13.4. The second kappa shape index (κ2) is 8.23. The molecule has 0 radical (unpaired) electrons. The molecule has 1 fully saturated rings. The molecule has 3 heterocycles. The van der Waals surface area contributed by atoms with E-state index in [2.05, 4.69) is 10.2 Å². The number of benzene rings is 1. The quantitative estimate of drug-likeness (QED) is 0.719. The molecule has 0 bridgehead atoms. The van der Waals surface area contributed by atoms with Crippen molar-refractivity contribution >= 4 is 5.91 Å². The first kappa shape index (κ1) is 21.8. The number of hydrogen-bond acceptors (Lipinski definition) is 4. The van der Waals surface area contributed by atoms with Crippen molar-refractivity contribution in [1.82, 2.24) is 20.0 Å². The molecule has 31 heavy (non-hydrogen) atoms. The summed E-state index contributed by atoms with van der Waals surface area (Å²) in [7, 11) is 0. The fourth-order valence-corrected chi connectivity index (χ4v) is 4.51. The fourth-order valence-electron chi connectivity index (χ4n) is 4.51. The van der Waals surface area contributed by atoms with Gasteiger partial charge >= 0.3 is 6.18 Å². The fraction of sp³-hybridized carbons (Fsp3) is 0.524. The number of aliphatic hydroxyl groups is 1. The molecule has 6 nitrogen and oxygen atoms in total. The zero-order valence-electron chi connectivity index (χ0n) is 17.0. The van der Waals surface area contributed by atoms with E-state index >= 15 is 0 Å². The maximum Gasteiger partial charge on any atom is 0.416 e. The van der Waals surface area contributed by atoms with Crippen LogP contribution in [0.25, 0.3) is 0 Å². The Morgan fingerprint density at radius 1 is 1.26 bits per heavy atom. The third kappa shape index (κ3) is 4.31. The van der Waals surface area contributed by atoms with E-state index in [1.165, 1.54) is 6.07 Å². The number of hydrogen-bond donors (Lipinski definition) is 2. The van der Waals surface area contributed by atoms with Gasteiger partial charge in [0.2, 0.25) is 0 Å². The summed E-state index contributed by atoms with van der Waals surface area (Å²) in [6, 6.07) is 2.80. The lowest BCUT2D eigenvalue weighted by Gasteiger charge is -2.33. The van der Waals surface area contributed by atoms with E-state index < -0.39 is 29.7 Å². The van der Waals surface area contributed by atoms with Gasteiger partial charge in [-0.2, -0.15) is 18.3 Å². The van der Waals surface area contributed by atoms with Crippen molar-refractivity contribution < 1.29 is 27.5 Å². The van der Waals surface area contributed by atoms with Crippen LogP contribution >= 0.6 is 0 Å². The van der Waals surface area contributed by atoms with Crippen LogP contribution in [0.15, 0.2) is 18.2 Å².